The van der Waals surface area contributed by atoms with Gasteiger partial charge in [0.2, 0.25) is 0 Å². The Kier molecular flexibility index (Phi) is 3.94. The van der Waals surface area contributed by atoms with Crippen LogP contribution in [0.15, 0.2) is 48.5 Å². The fourth-order valence-electron chi connectivity index (χ4n) is 1.99. The highest BCUT2D eigenvalue weighted by atomic mass is 16.3. The van der Waals surface area contributed by atoms with E-state index in [1.807, 2.05) is 6.92 Å². The van der Waals surface area contributed by atoms with Crippen LogP contribution in [0.2, 0.25) is 0 Å². The van der Waals surface area contributed by atoms with Gasteiger partial charge in [0.25, 0.3) is 5.91 Å². The largest absolute Gasteiger partial charge is 0.508 e. The van der Waals surface area contributed by atoms with Gasteiger partial charge in [0.1, 0.15) is 11.5 Å². The molecule has 0 saturated carbocycles. The summed E-state index contributed by atoms with van der Waals surface area (Å²) in [6, 6.07) is 12.9. The van der Waals surface area contributed by atoms with E-state index in [4.69, 9.17) is 0 Å². The molecule has 20 heavy (non-hydrogen) atoms. The van der Waals surface area contributed by atoms with Crippen LogP contribution >= 0.6 is 0 Å². The fourth-order valence-corrected chi connectivity index (χ4v) is 1.99. The first-order valence-electron chi connectivity index (χ1n) is 6.34. The van der Waals surface area contributed by atoms with Crippen molar-refractivity contribution in [3.8, 4) is 11.5 Å². The molecule has 0 aliphatic carbocycles. The van der Waals surface area contributed by atoms with E-state index in [9.17, 15) is 15.0 Å². The van der Waals surface area contributed by atoms with Gasteiger partial charge in [-0.1, -0.05) is 18.2 Å². The molecule has 1 unspecified atom stereocenters. The molecule has 1 amide bonds. The molecule has 104 valence electrons. The highest BCUT2D eigenvalue weighted by Crippen LogP contribution is 2.23. The molecule has 0 heterocycles. The summed E-state index contributed by atoms with van der Waals surface area (Å²) in [5, 5.41) is 18.7. The Labute approximate surface area is 117 Å². The summed E-state index contributed by atoms with van der Waals surface area (Å²) in [4.78, 5) is 13.9. The summed E-state index contributed by atoms with van der Waals surface area (Å²) in [5.74, 6) is 0.103. The number of nitrogens with zero attached hydrogens (tertiary/aromatic N) is 1. The standard InChI is InChI=1S/C16H17NO3/c1-11(12-6-8-14(18)9-7-12)17(2)16(20)13-4-3-5-15(19)10-13/h3-11,18-19H,1-2H3. The normalized spacial score (nSPS) is 11.9. The third-order valence-electron chi connectivity index (χ3n) is 3.37. The quantitative estimate of drug-likeness (QED) is 0.902. The highest BCUT2D eigenvalue weighted by molar-refractivity contribution is 5.94. The molecule has 2 aromatic rings. The first kappa shape index (κ1) is 13.9. The Morgan fingerprint density at radius 1 is 1.05 bits per heavy atom. The van der Waals surface area contributed by atoms with Gasteiger partial charge < -0.3 is 15.1 Å². The van der Waals surface area contributed by atoms with Gasteiger partial charge in [0.05, 0.1) is 6.04 Å². The van der Waals surface area contributed by atoms with Crippen LogP contribution in [0, 0.1) is 0 Å². The molecule has 0 aliphatic rings. The molecule has 0 aromatic heterocycles. The topological polar surface area (TPSA) is 60.8 Å². The number of carbonyl (C=O) groups is 1. The van der Waals surface area contributed by atoms with Crippen LogP contribution in [0.3, 0.4) is 0 Å². The number of carbonyl (C=O) groups excluding carboxylic acids is 1. The molecule has 0 spiro atoms. The molecular formula is C16H17NO3. The lowest BCUT2D eigenvalue weighted by molar-refractivity contribution is 0.0742. The van der Waals surface area contributed by atoms with Crippen molar-refractivity contribution >= 4 is 5.91 Å². The Morgan fingerprint density at radius 3 is 2.30 bits per heavy atom. The van der Waals surface area contributed by atoms with E-state index in [0.29, 0.717) is 5.56 Å². The summed E-state index contributed by atoms with van der Waals surface area (Å²) in [5.41, 5.74) is 1.37. The molecule has 0 aliphatic heterocycles. The second-order valence-electron chi connectivity index (χ2n) is 4.73. The average molecular weight is 271 g/mol. The van der Waals surface area contributed by atoms with Crippen LogP contribution in [0.25, 0.3) is 0 Å². The maximum atomic E-state index is 12.3. The van der Waals surface area contributed by atoms with Gasteiger partial charge in [-0.3, -0.25) is 4.79 Å². The van der Waals surface area contributed by atoms with Crippen molar-refractivity contribution in [2.24, 2.45) is 0 Å². The maximum Gasteiger partial charge on any atom is 0.254 e. The summed E-state index contributed by atoms with van der Waals surface area (Å²) < 4.78 is 0. The predicted molar refractivity (Wildman–Crippen MR) is 76.7 cm³/mol. The smallest absolute Gasteiger partial charge is 0.254 e. The molecule has 0 saturated heterocycles. The molecule has 0 bridgehead atoms. The predicted octanol–water partition coefficient (Wildman–Crippen LogP) is 2.93. The Bertz CT molecular complexity index is 607. The van der Waals surface area contributed by atoms with Crippen LogP contribution in [0.1, 0.15) is 28.9 Å². The van der Waals surface area contributed by atoms with Crippen molar-refractivity contribution in [1.29, 1.82) is 0 Å². The number of hydrogen-bond donors (Lipinski definition) is 2. The van der Waals surface area contributed by atoms with Gasteiger partial charge in [0.15, 0.2) is 0 Å². The molecule has 0 radical (unpaired) electrons. The fraction of sp³-hybridized carbons (Fsp3) is 0.188. The molecule has 2 N–H and O–H groups in total. The molecular weight excluding hydrogens is 254 g/mol. The van der Waals surface area contributed by atoms with Crippen molar-refractivity contribution in [2.45, 2.75) is 13.0 Å². The SMILES string of the molecule is CC(c1ccc(O)cc1)N(C)C(=O)c1cccc(O)c1. The number of amides is 1. The van der Waals surface area contributed by atoms with E-state index in [1.54, 1.807) is 48.3 Å². The van der Waals surface area contributed by atoms with E-state index in [1.165, 1.54) is 12.1 Å². The third-order valence-corrected chi connectivity index (χ3v) is 3.37. The van der Waals surface area contributed by atoms with Gasteiger partial charge >= 0.3 is 0 Å². The van der Waals surface area contributed by atoms with Crippen molar-refractivity contribution in [3.63, 3.8) is 0 Å². The lowest BCUT2D eigenvalue weighted by Gasteiger charge is -2.25. The van der Waals surface area contributed by atoms with Gasteiger partial charge in [-0.15, -0.1) is 0 Å². The number of aromatic hydroxyl groups is 2. The summed E-state index contributed by atoms with van der Waals surface area (Å²) in [7, 11) is 1.71. The van der Waals surface area contributed by atoms with E-state index in [0.717, 1.165) is 5.56 Å². The van der Waals surface area contributed by atoms with E-state index >= 15 is 0 Å². The Morgan fingerprint density at radius 2 is 1.70 bits per heavy atom. The third kappa shape index (κ3) is 2.91. The zero-order valence-corrected chi connectivity index (χ0v) is 11.4. The van der Waals surface area contributed by atoms with E-state index < -0.39 is 0 Å². The number of rotatable bonds is 3. The number of phenols is 2. The van der Waals surface area contributed by atoms with Crippen LogP contribution in [0.5, 0.6) is 11.5 Å². The first-order chi connectivity index (χ1) is 9.49. The Hall–Kier alpha value is -2.49. The van der Waals surface area contributed by atoms with Crippen LogP contribution in [-0.4, -0.2) is 28.1 Å². The maximum absolute atomic E-state index is 12.3. The van der Waals surface area contributed by atoms with E-state index in [2.05, 4.69) is 0 Å². The Balaban J connectivity index is 2.20. The first-order valence-corrected chi connectivity index (χ1v) is 6.34. The molecule has 2 aromatic carbocycles. The lowest BCUT2D eigenvalue weighted by Crippen LogP contribution is -2.29. The van der Waals surface area contributed by atoms with Gasteiger partial charge in [0, 0.05) is 12.6 Å². The minimum atomic E-state index is -0.165. The lowest BCUT2D eigenvalue weighted by atomic mass is 10.1. The van der Waals surface area contributed by atoms with Crippen LogP contribution < -0.4 is 0 Å². The highest BCUT2D eigenvalue weighted by Gasteiger charge is 2.19. The minimum Gasteiger partial charge on any atom is -0.508 e. The summed E-state index contributed by atoms with van der Waals surface area (Å²) >= 11 is 0. The zero-order valence-electron chi connectivity index (χ0n) is 11.4. The number of phenolic OH excluding ortho intramolecular Hbond substituents is 2. The van der Waals surface area contributed by atoms with Gasteiger partial charge in [-0.05, 0) is 42.8 Å². The van der Waals surface area contributed by atoms with Crippen LogP contribution in [-0.2, 0) is 0 Å². The van der Waals surface area contributed by atoms with E-state index in [-0.39, 0.29) is 23.4 Å². The molecule has 4 heteroatoms. The average Bonchev–Trinajstić information content (AvgIpc) is 2.46. The van der Waals surface area contributed by atoms with Gasteiger partial charge in [-0.25, -0.2) is 0 Å². The monoisotopic (exact) mass is 271 g/mol. The second kappa shape index (κ2) is 5.65. The van der Waals surface area contributed by atoms with Crippen LogP contribution in [0.4, 0.5) is 0 Å². The van der Waals surface area contributed by atoms with Crippen molar-refractivity contribution in [3.05, 3.63) is 59.7 Å². The van der Waals surface area contributed by atoms with Crippen molar-refractivity contribution in [1.82, 2.24) is 4.90 Å². The van der Waals surface area contributed by atoms with Crippen molar-refractivity contribution < 1.29 is 15.0 Å². The molecule has 4 nitrogen and oxygen atoms in total. The van der Waals surface area contributed by atoms with Gasteiger partial charge in [-0.2, -0.15) is 0 Å². The zero-order chi connectivity index (χ0) is 14.7. The number of hydrogen-bond acceptors (Lipinski definition) is 3. The molecule has 0 fully saturated rings. The molecule has 2 rings (SSSR count). The van der Waals surface area contributed by atoms with Crippen molar-refractivity contribution in [2.75, 3.05) is 7.05 Å². The molecule has 1 atom stereocenters. The number of benzene rings is 2. The summed E-state index contributed by atoms with van der Waals surface area (Å²) in [6.45, 7) is 1.91. The summed E-state index contributed by atoms with van der Waals surface area (Å²) in [6.07, 6.45) is 0. The minimum absolute atomic E-state index is 0.0709. The second-order valence-corrected chi connectivity index (χ2v) is 4.73.